The van der Waals surface area contributed by atoms with E-state index in [2.05, 4.69) is 15.0 Å². The second-order valence-electron chi connectivity index (χ2n) is 3.41. The molecule has 0 aliphatic carbocycles. The summed E-state index contributed by atoms with van der Waals surface area (Å²) in [5, 5.41) is 0. The molecular weight excluding hydrogens is 188 g/mol. The molecule has 15 heavy (non-hydrogen) atoms. The molecule has 0 radical (unpaired) electrons. The van der Waals surface area contributed by atoms with Gasteiger partial charge in [0.25, 0.3) is 0 Å². The number of nitrogens with zero attached hydrogens (tertiary/aromatic N) is 2. The summed E-state index contributed by atoms with van der Waals surface area (Å²) in [5.41, 5.74) is 7.67. The van der Waals surface area contributed by atoms with Gasteiger partial charge in [0.15, 0.2) is 0 Å². The Kier molecular flexibility index (Phi) is 2.78. The standard InChI is InChI=1S/C11H14N4/c1-2-8(12)11-14-7-10(15-11)9-5-3-4-6-13-9/h3-8H,2,12H2,1H3,(H,14,15). The summed E-state index contributed by atoms with van der Waals surface area (Å²) in [6, 6.07) is 5.75. The van der Waals surface area contributed by atoms with E-state index in [0.717, 1.165) is 23.6 Å². The van der Waals surface area contributed by atoms with Crippen LogP contribution < -0.4 is 5.73 Å². The van der Waals surface area contributed by atoms with Crippen molar-refractivity contribution in [3.8, 4) is 11.4 Å². The van der Waals surface area contributed by atoms with E-state index >= 15 is 0 Å². The van der Waals surface area contributed by atoms with Crippen LogP contribution in [0.1, 0.15) is 25.2 Å². The first-order valence-electron chi connectivity index (χ1n) is 5.03. The van der Waals surface area contributed by atoms with E-state index in [0.29, 0.717) is 0 Å². The van der Waals surface area contributed by atoms with Crippen molar-refractivity contribution >= 4 is 0 Å². The average Bonchev–Trinajstić information content (AvgIpc) is 2.78. The molecule has 1 atom stereocenters. The lowest BCUT2D eigenvalue weighted by atomic mass is 10.2. The van der Waals surface area contributed by atoms with Gasteiger partial charge in [-0.05, 0) is 18.6 Å². The molecule has 2 aromatic rings. The molecule has 1 unspecified atom stereocenters. The van der Waals surface area contributed by atoms with Crippen molar-refractivity contribution < 1.29 is 0 Å². The second kappa shape index (κ2) is 4.23. The number of pyridine rings is 1. The Bertz CT molecular complexity index is 421. The molecule has 3 N–H and O–H groups in total. The van der Waals surface area contributed by atoms with Gasteiger partial charge in [-0.1, -0.05) is 13.0 Å². The van der Waals surface area contributed by atoms with Crippen LogP contribution in [0.4, 0.5) is 0 Å². The topological polar surface area (TPSA) is 67.6 Å². The molecule has 0 fully saturated rings. The number of nitrogens with two attached hydrogens (primary N) is 1. The van der Waals surface area contributed by atoms with Crippen molar-refractivity contribution in [1.29, 1.82) is 0 Å². The lowest BCUT2D eigenvalue weighted by molar-refractivity contribution is 0.658. The van der Waals surface area contributed by atoms with Gasteiger partial charge in [0.05, 0.1) is 23.6 Å². The molecule has 0 aliphatic heterocycles. The zero-order valence-corrected chi connectivity index (χ0v) is 8.64. The first-order valence-corrected chi connectivity index (χ1v) is 5.03. The first kappa shape index (κ1) is 9.86. The van der Waals surface area contributed by atoms with E-state index in [-0.39, 0.29) is 6.04 Å². The van der Waals surface area contributed by atoms with Crippen LogP contribution in [0, 0.1) is 0 Å². The Labute approximate surface area is 88.6 Å². The van der Waals surface area contributed by atoms with E-state index in [4.69, 9.17) is 5.73 Å². The van der Waals surface area contributed by atoms with Crippen LogP contribution in [0.25, 0.3) is 11.4 Å². The first-order chi connectivity index (χ1) is 7.31. The SMILES string of the molecule is CCC(N)c1ncc(-c2ccccn2)[nH]1. The smallest absolute Gasteiger partial charge is 0.123 e. The number of aromatic amines is 1. The minimum absolute atomic E-state index is 0.0255. The lowest BCUT2D eigenvalue weighted by Gasteiger charge is -2.03. The van der Waals surface area contributed by atoms with E-state index in [1.165, 1.54) is 0 Å². The normalized spacial score (nSPS) is 12.7. The highest BCUT2D eigenvalue weighted by molar-refractivity contribution is 5.52. The fourth-order valence-corrected chi connectivity index (χ4v) is 1.37. The van der Waals surface area contributed by atoms with Crippen molar-refractivity contribution in [2.24, 2.45) is 5.73 Å². The van der Waals surface area contributed by atoms with Crippen LogP contribution in [0.2, 0.25) is 0 Å². The Balaban J connectivity index is 2.28. The van der Waals surface area contributed by atoms with Gasteiger partial charge < -0.3 is 10.7 Å². The summed E-state index contributed by atoms with van der Waals surface area (Å²) < 4.78 is 0. The van der Waals surface area contributed by atoms with Gasteiger partial charge in [0.1, 0.15) is 5.82 Å². The summed E-state index contributed by atoms with van der Waals surface area (Å²) in [4.78, 5) is 11.7. The predicted molar refractivity (Wildman–Crippen MR) is 59.0 cm³/mol. The minimum atomic E-state index is -0.0255. The van der Waals surface area contributed by atoms with Crippen molar-refractivity contribution in [2.45, 2.75) is 19.4 Å². The Morgan fingerprint density at radius 3 is 2.93 bits per heavy atom. The molecular formula is C11H14N4. The van der Waals surface area contributed by atoms with E-state index in [1.807, 2.05) is 25.1 Å². The van der Waals surface area contributed by atoms with Gasteiger partial charge in [0, 0.05) is 6.20 Å². The maximum atomic E-state index is 5.87. The molecule has 0 amide bonds. The highest BCUT2D eigenvalue weighted by Gasteiger charge is 2.08. The summed E-state index contributed by atoms with van der Waals surface area (Å²) in [7, 11) is 0. The molecule has 2 rings (SSSR count). The van der Waals surface area contributed by atoms with Crippen molar-refractivity contribution in [3.63, 3.8) is 0 Å². The van der Waals surface area contributed by atoms with Gasteiger partial charge in [-0.15, -0.1) is 0 Å². The maximum Gasteiger partial charge on any atom is 0.123 e. The third kappa shape index (κ3) is 2.05. The molecule has 0 saturated heterocycles. The molecule has 0 spiro atoms. The fourth-order valence-electron chi connectivity index (χ4n) is 1.37. The second-order valence-corrected chi connectivity index (χ2v) is 3.41. The average molecular weight is 202 g/mol. The molecule has 78 valence electrons. The van der Waals surface area contributed by atoms with Gasteiger partial charge in [-0.25, -0.2) is 4.98 Å². The summed E-state index contributed by atoms with van der Waals surface area (Å²) in [6.07, 6.45) is 4.40. The van der Waals surface area contributed by atoms with Crippen LogP contribution in [0.15, 0.2) is 30.6 Å². The number of hydrogen-bond donors (Lipinski definition) is 2. The Morgan fingerprint density at radius 1 is 1.40 bits per heavy atom. The number of nitrogens with one attached hydrogen (secondary N) is 1. The zero-order chi connectivity index (χ0) is 10.7. The van der Waals surface area contributed by atoms with Gasteiger partial charge in [-0.3, -0.25) is 4.98 Å². The molecule has 0 aromatic carbocycles. The van der Waals surface area contributed by atoms with Crippen LogP contribution >= 0.6 is 0 Å². The van der Waals surface area contributed by atoms with Gasteiger partial charge in [-0.2, -0.15) is 0 Å². The van der Waals surface area contributed by atoms with Gasteiger partial charge >= 0.3 is 0 Å². The molecule has 0 aliphatic rings. The molecule has 0 saturated carbocycles. The van der Waals surface area contributed by atoms with Crippen LogP contribution in [-0.2, 0) is 0 Å². The largest absolute Gasteiger partial charge is 0.339 e. The third-order valence-corrected chi connectivity index (χ3v) is 2.33. The highest BCUT2D eigenvalue weighted by atomic mass is 15.0. The summed E-state index contributed by atoms with van der Waals surface area (Å²) in [5.74, 6) is 0.818. The fraction of sp³-hybridized carbons (Fsp3) is 0.273. The molecule has 4 nitrogen and oxygen atoms in total. The van der Waals surface area contributed by atoms with Gasteiger partial charge in [0.2, 0.25) is 0 Å². The van der Waals surface area contributed by atoms with E-state index < -0.39 is 0 Å². The van der Waals surface area contributed by atoms with E-state index in [1.54, 1.807) is 12.4 Å². The molecule has 2 heterocycles. The quantitative estimate of drug-likeness (QED) is 0.798. The van der Waals surface area contributed by atoms with E-state index in [9.17, 15) is 0 Å². The van der Waals surface area contributed by atoms with Crippen LogP contribution in [0.5, 0.6) is 0 Å². The summed E-state index contributed by atoms with van der Waals surface area (Å²) in [6.45, 7) is 2.04. The number of H-pyrrole nitrogens is 1. The maximum absolute atomic E-state index is 5.87. The zero-order valence-electron chi connectivity index (χ0n) is 8.64. The van der Waals surface area contributed by atoms with Crippen molar-refractivity contribution in [1.82, 2.24) is 15.0 Å². The lowest BCUT2D eigenvalue weighted by Crippen LogP contribution is -2.10. The Hall–Kier alpha value is -1.68. The monoisotopic (exact) mass is 202 g/mol. The molecule has 0 bridgehead atoms. The van der Waals surface area contributed by atoms with Crippen LogP contribution in [-0.4, -0.2) is 15.0 Å². The van der Waals surface area contributed by atoms with Crippen molar-refractivity contribution in [3.05, 3.63) is 36.4 Å². The third-order valence-electron chi connectivity index (χ3n) is 2.33. The van der Waals surface area contributed by atoms with Crippen molar-refractivity contribution in [2.75, 3.05) is 0 Å². The predicted octanol–water partition coefficient (Wildman–Crippen LogP) is 1.88. The number of imidazole rings is 1. The number of rotatable bonds is 3. The number of aromatic nitrogens is 3. The van der Waals surface area contributed by atoms with Crippen LogP contribution in [0.3, 0.4) is 0 Å². The molecule has 2 aromatic heterocycles. The Morgan fingerprint density at radius 2 is 2.27 bits per heavy atom. The molecule has 4 heteroatoms. The highest BCUT2D eigenvalue weighted by Crippen LogP contribution is 2.16. The minimum Gasteiger partial charge on any atom is -0.339 e. The number of hydrogen-bond acceptors (Lipinski definition) is 3. The summed E-state index contributed by atoms with van der Waals surface area (Å²) >= 11 is 0.